The Balaban J connectivity index is 1.65. The number of anilines is 1. The molecule has 1 N–H and O–H groups in total. The van der Waals surface area contributed by atoms with E-state index in [1.165, 1.54) is 18.3 Å². The minimum atomic E-state index is -0.237. The zero-order valence-electron chi connectivity index (χ0n) is 14.0. The summed E-state index contributed by atoms with van der Waals surface area (Å²) < 4.78 is 0. The molecule has 130 valence electrons. The van der Waals surface area contributed by atoms with Crippen molar-refractivity contribution in [2.45, 2.75) is 19.8 Å². The Morgan fingerprint density at radius 2 is 2.04 bits per heavy atom. The first kappa shape index (κ1) is 17.4. The second-order valence-corrected chi connectivity index (χ2v) is 7.14. The maximum absolute atomic E-state index is 12.6. The van der Waals surface area contributed by atoms with Gasteiger partial charge < -0.3 is 10.2 Å². The van der Waals surface area contributed by atoms with E-state index in [9.17, 15) is 14.4 Å². The number of hydrogen-bond donors (Lipinski definition) is 1. The van der Waals surface area contributed by atoms with Crippen LogP contribution in [0.2, 0.25) is 0 Å². The highest BCUT2D eigenvalue weighted by Gasteiger charge is 2.29. The standard InChI is InChI=1S/C19H20N2O3S/c1-13(22)14-5-2-7-16(11-14)20-18(23)15-6-3-9-21(12-15)19(24)17-8-4-10-25-17/h2,4-5,7-8,10-11,15H,3,6,9,12H2,1H3,(H,20,23)/t15-/m1/s1. The van der Waals surface area contributed by atoms with Gasteiger partial charge in [0.2, 0.25) is 5.91 Å². The van der Waals surface area contributed by atoms with Crippen LogP contribution in [-0.4, -0.2) is 35.6 Å². The van der Waals surface area contributed by atoms with Crippen LogP contribution < -0.4 is 5.32 Å². The Labute approximate surface area is 150 Å². The topological polar surface area (TPSA) is 66.5 Å². The number of likely N-dealkylation sites (tertiary alicyclic amines) is 1. The van der Waals surface area contributed by atoms with Gasteiger partial charge in [-0.2, -0.15) is 0 Å². The quantitative estimate of drug-likeness (QED) is 0.854. The Hall–Kier alpha value is -2.47. The van der Waals surface area contributed by atoms with E-state index in [-0.39, 0.29) is 23.5 Å². The number of Topliss-reactive ketones (excluding diaryl/α,β-unsaturated/α-hetero) is 1. The zero-order valence-corrected chi connectivity index (χ0v) is 14.8. The second kappa shape index (κ2) is 7.61. The number of ketones is 1. The van der Waals surface area contributed by atoms with Crippen LogP contribution in [-0.2, 0) is 4.79 Å². The molecule has 0 spiro atoms. The molecule has 6 heteroatoms. The molecule has 1 atom stereocenters. The molecule has 1 aliphatic rings. The average Bonchev–Trinajstić information content (AvgIpc) is 3.16. The van der Waals surface area contributed by atoms with E-state index in [4.69, 9.17) is 0 Å². The van der Waals surface area contributed by atoms with Crippen LogP contribution in [0, 0.1) is 5.92 Å². The molecule has 0 aliphatic carbocycles. The van der Waals surface area contributed by atoms with Crippen molar-refractivity contribution in [2.75, 3.05) is 18.4 Å². The molecule has 25 heavy (non-hydrogen) atoms. The number of amides is 2. The van der Waals surface area contributed by atoms with Crippen molar-refractivity contribution in [3.8, 4) is 0 Å². The highest BCUT2D eigenvalue weighted by Crippen LogP contribution is 2.22. The van der Waals surface area contributed by atoms with Gasteiger partial charge in [0.05, 0.1) is 10.8 Å². The molecule has 2 heterocycles. The molecule has 3 rings (SSSR count). The Bertz CT molecular complexity index is 786. The lowest BCUT2D eigenvalue weighted by molar-refractivity contribution is -0.121. The maximum atomic E-state index is 12.6. The summed E-state index contributed by atoms with van der Waals surface area (Å²) in [4.78, 5) is 39.0. The number of hydrogen-bond acceptors (Lipinski definition) is 4. The lowest BCUT2D eigenvalue weighted by Gasteiger charge is -2.31. The first-order chi connectivity index (χ1) is 12.0. The monoisotopic (exact) mass is 356 g/mol. The number of carbonyl (C=O) groups is 3. The molecule has 0 saturated carbocycles. The molecule has 1 fully saturated rings. The highest BCUT2D eigenvalue weighted by molar-refractivity contribution is 7.12. The molecule has 2 amide bonds. The Kier molecular flexibility index (Phi) is 5.28. The zero-order chi connectivity index (χ0) is 17.8. The largest absolute Gasteiger partial charge is 0.337 e. The van der Waals surface area contributed by atoms with Crippen molar-refractivity contribution in [2.24, 2.45) is 5.92 Å². The number of carbonyl (C=O) groups excluding carboxylic acids is 3. The number of nitrogens with zero attached hydrogens (tertiary/aromatic N) is 1. The van der Waals surface area contributed by atoms with Crippen LogP contribution in [0.1, 0.15) is 39.8 Å². The van der Waals surface area contributed by atoms with Gasteiger partial charge in [-0.05, 0) is 43.3 Å². The molecule has 1 aliphatic heterocycles. The summed E-state index contributed by atoms with van der Waals surface area (Å²) in [7, 11) is 0. The summed E-state index contributed by atoms with van der Waals surface area (Å²) in [6, 6.07) is 10.6. The van der Waals surface area contributed by atoms with Gasteiger partial charge in [-0.25, -0.2) is 0 Å². The van der Waals surface area contributed by atoms with Crippen LogP contribution in [0.3, 0.4) is 0 Å². The maximum Gasteiger partial charge on any atom is 0.263 e. The fourth-order valence-electron chi connectivity index (χ4n) is 2.99. The molecular formula is C19H20N2O3S. The van der Waals surface area contributed by atoms with Crippen molar-refractivity contribution < 1.29 is 14.4 Å². The van der Waals surface area contributed by atoms with Crippen LogP contribution in [0.4, 0.5) is 5.69 Å². The van der Waals surface area contributed by atoms with E-state index in [0.29, 0.717) is 29.2 Å². The molecule has 0 unspecified atom stereocenters. The molecule has 1 saturated heterocycles. The summed E-state index contributed by atoms with van der Waals surface area (Å²) in [6.45, 7) is 2.60. The van der Waals surface area contributed by atoms with Gasteiger partial charge in [-0.15, -0.1) is 11.3 Å². The third-order valence-electron chi connectivity index (χ3n) is 4.35. The fraction of sp³-hybridized carbons (Fsp3) is 0.316. The average molecular weight is 356 g/mol. The van der Waals surface area contributed by atoms with Gasteiger partial charge in [0.15, 0.2) is 5.78 Å². The summed E-state index contributed by atoms with van der Waals surface area (Å²) >= 11 is 1.42. The summed E-state index contributed by atoms with van der Waals surface area (Å²) in [6.07, 6.45) is 1.56. The number of rotatable bonds is 4. The van der Waals surface area contributed by atoms with Crippen molar-refractivity contribution in [3.05, 3.63) is 52.2 Å². The fourth-order valence-corrected chi connectivity index (χ4v) is 3.68. The normalized spacial score (nSPS) is 17.2. The van der Waals surface area contributed by atoms with Gasteiger partial charge >= 0.3 is 0 Å². The van der Waals surface area contributed by atoms with Gasteiger partial charge in [-0.3, -0.25) is 14.4 Å². The minimum Gasteiger partial charge on any atom is -0.337 e. The van der Waals surface area contributed by atoms with Crippen molar-refractivity contribution in [1.82, 2.24) is 4.90 Å². The first-order valence-electron chi connectivity index (χ1n) is 8.29. The van der Waals surface area contributed by atoms with E-state index >= 15 is 0 Å². The van der Waals surface area contributed by atoms with Crippen molar-refractivity contribution in [3.63, 3.8) is 0 Å². The molecule has 0 radical (unpaired) electrons. The van der Waals surface area contributed by atoms with Crippen LogP contribution in [0.5, 0.6) is 0 Å². The third-order valence-corrected chi connectivity index (χ3v) is 5.21. The van der Waals surface area contributed by atoms with E-state index in [1.54, 1.807) is 29.2 Å². The molecule has 0 bridgehead atoms. The number of nitrogens with one attached hydrogen (secondary N) is 1. The van der Waals surface area contributed by atoms with Crippen LogP contribution in [0.25, 0.3) is 0 Å². The van der Waals surface area contributed by atoms with Crippen LogP contribution in [0.15, 0.2) is 41.8 Å². The molecule has 5 nitrogen and oxygen atoms in total. The molecule has 1 aromatic carbocycles. The van der Waals surface area contributed by atoms with Crippen molar-refractivity contribution >= 4 is 34.6 Å². The van der Waals surface area contributed by atoms with Crippen molar-refractivity contribution in [1.29, 1.82) is 0 Å². The van der Waals surface area contributed by atoms with Gasteiger partial charge in [-0.1, -0.05) is 18.2 Å². The predicted octanol–water partition coefficient (Wildman–Crippen LogP) is 3.44. The van der Waals surface area contributed by atoms with E-state index in [2.05, 4.69) is 5.32 Å². The van der Waals surface area contributed by atoms with Gasteiger partial charge in [0, 0.05) is 24.3 Å². The molecule has 2 aromatic rings. The third kappa shape index (κ3) is 4.14. The van der Waals surface area contributed by atoms with Crippen LogP contribution >= 0.6 is 11.3 Å². The second-order valence-electron chi connectivity index (χ2n) is 6.19. The molecule has 1 aromatic heterocycles. The van der Waals surface area contributed by atoms with Gasteiger partial charge in [0.25, 0.3) is 5.91 Å². The predicted molar refractivity (Wildman–Crippen MR) is 98.0 cm³/mol. The lowest BCUT2D eigenvalue weighted by atomic mass is 9.96. The summed E-state index contributed by atoms with van der Waals surface area (Å²) in [5, 5.41) is 4.75. The lowest BCUT2D eigenvalue weighted by Crippen LogP contribution is -2.43. The number of benzene rings is 1. The Morgan fingerprint density at radius 3 is 2.76 bits per heavy atom. The molecular weight excluding hydrogens is 336 g/mol. The highest BCUT2D eigenvalue weighted by atomic mass is 32.1. The van der Waals surface area contributed by atoms with E-state index < -0.39 is 0 Å². The van der Waals surface area contributed by atoms with E-state index in [1.807, 2.05) is 17.5 Å². The first-order valence-corrected chi connectivity index (χ1v) is 9.17. The smallest absolute Gasteiger partial charge is 0.263 e. The van der Waals surface area contributed by atoms with E-state index in [0.717, 1.165) is 12.8 Å². The summed E-state index contributed by atoms with van der Waals surface area (Å²) in [5.74, 6) is -0.393. The SMILES string of the molecule is CC(=O)c1cccc(NC(=O)[C@@H]2CCCN(C(=O)c3cccs3)C2)c1. The minimum absolute atomic E-state index is 0.00826. The van der Waals surface area contributed by atoms with Gasteiger partial charge in [0.1, 0.15) is 0 Å². The number of piperidine rings is 1. The number of thiophene rings is 1. The summed E-state index contributed by atoms with van der Waals surface area (Å²) in [5.41, 5.74) is 1.18. The Morgan fingerprint density at radius 1 is 1.20 bits per heavy atom.